The van der Waals surface area contributed by atoms with Crippen LogP contribution in [0, 0.1) is 0 Å². The highest BCUT2D eigenvalue weighted by atomic mass is 35.5. The van der Waals surface area contributed by atoms with E-state index in [2.05, 4.69) is 16.5 Å². The van der Waals surface area contributed by atoms with Crippen molar-refractivity contribution in [1.29, 1.82) is 0 Å². The Hall–Kier alpha value is -2.26. The number of benzene rings is 2. The molecule has 0 radical (unpaired) electrons. The van der Waals surface area contributed by atoms with Crippen LogP contribution < -0.4 is 5.32 Å². The topological polar surface area (TPSA) is 29.9 Å². The van der Waals surface area contributed by atoms with Crippen LogP contribution >= 0.6 is 11.6 Å². The van der Waals surface area contributed by atoms with Crippen molar-refractivity contribution in [3.8, 4) is 5.69 Å². The summed E-state index contributed by atoms with van der Waals surface area (Å²) in [6.07, 6.45) is 3.70. The minimum Gasteiger partial charge on any atom is -0.379 e. The predicted octanol–water partition coefficient (Wildman–Crippen LogP) is 4.14. The Labute approximate surface area is 122 Å². The Kier molecular flexibility index (Phi) is 3.70. The first kappa shape index (κ1) is 12.8. The zero-order chi connectivity index (χ0) is 13.8. The van der Waals surface area contributed by atoms with Gasteiger partial charge in [-0.15, -0.1) is 0 Å². The van der Waals surface area contributed by atoms with Crippen molar-refractivity contribution in [2.75, 3.05) is 5.32 Å². The number of aromatic nitrogens is 2. The van der Waals surface area contributed by atoms with Gasteiger partial charge in [-0.1, -0.05) is 35.9 Å². The van der Waals surface area contributed by atoms with Gasteiger partial charge in [0.2, 0.25) is 0 Å². The van der Waals surface area contributed by atoms with Gasteiger partial charge in [0.1, 0.15) is 0 Å². The summed E-state index contributed by atoms with van der Waals surface area (Å²) < 4.78 is 1.85. The third kappa shape index (κ3) is 2.83. The minimum absolute atomic E-state index is 0.721. The number of hydrogen-bond acceptors (Lipinski definition) is 2. The molecule has 0 saturated carbocycles. The summed E-state index contributed by atoms with van der Waals surface area (Å²) in [5.41, 5.74) is 3.21. The molecule has 0 unspecified atom stereocenters. The Morgan fingerprint density at radius 2 is 1.95 bits per heavy atom. The highest BCUT2D eigenvalue weighted by Crippen LogP contribution is 2.20. The van der Waals surface area contributed by atoms with E-state index < -0.39 is 0 Å². The van der Waals surface area contributed by atoms with Crippen LogP contribution in [-0.2, 0) is 6.54 Å². The monoisotopic (exact) mass is 283 g/mol. The van der Waals surface area contributed by atoms with Crippen molar-refractivity contribution in [2.24, 2.45) is 0 Å². The molecule has 3 rings (SSSR count). The minimum atomic E-state index is 0.721. The Bertz CT molecular complexity index is 692. The molecule has 0 spiro atoms. The van der Waals surface area contributed by atoms with Gasteiger partial charge < -0.3 is 5.32 Å². The van der Waals surface area contributed by atoms with Crippen LogP contribution in [0.2, 0.25) is 5.02 Å². The molecule has 4 heteroatoms. The fourth-order valence-corrected chi connectivity index (χ4v) is 2.29. The van der Waals surface area contributed by atoms with Crippen molar-refractivity contribution in [3.05, 3.63) is 77.6 Å². The number of halogens is 1. The molecule has 0 aliphatic rings. The van der Waals surface area contributed by atoms with Crippen LogP contribution in [0.5, 0.6) is 0 Å². The average Bonchev–Trinajstić information content (AvgIpc) is 3.00. The van der Waals surface area contributed by atoms with Gasteiger partial charge in [0.05, 0.1) is 11.4 Å². The van der Waals surface area contributed by atoms with E-state index in [0.717, 1.165) is 28.5 Å². The smallest absolute Gasteiger partial charge is 0.0876 e. The lowest BCUT2D eigenvalue weighted by Gasteiger charge is -2.12. The molecule has 0 bridgehead atoms. The summed E-state index contributed by atoms with van der Waals surface area (Å²) in [6.45, 7) is 0.721. The third-order valence-electron chi connectivity index (χ3n) is 3.03. The van der Waals surface area contributed by atoms with E-state index in [4.69, 9.17) is 11.6 Å². The van der Waals surface area contributed by atoms with Gasteiger partial charge in [0.15, 0.2) is 0 Å². The van der Waals surface area contributed by atoms with Crippen LogP contribution in [0.3, 0.4) is 0 Å². The van der Waals surface area contributed by atoms with E-state index >= 15 is 0 Å². The van der Waals surface area contributed by atoms with E-state index in [1.165, 1.54) is 0 Å². The van der Waals surface area contributed by atoms with Crippen molar-refractivity contribution in [1.82, 2.24) is 9.78 Å². The first-order chi connectivity index (χ1) is 9.83. The Morgan fingerprint density at radius 3 is 2.75 bits per heavy atom. The lowest BCUT2D eigenvalue weighted by atomic mass is 10.2. The zero-order valence-electron chi connectivity index (χ0n) is 10.8. The quantitative estimate of drug-likeness (QED) is 0.780. The molecule has 100 valence electrons. The fraction of sp³-hybridized carbons (Fsp3) is 0.0625. The molecule has 1 heterocycles. The molecule has 0 fully saturated rings. The van der Waals surface area contributed by atoms with Crippen LogP contribution in [0.4, 0.5) is 5.69 Å². The normalized spacial score (nSPS) is 10.4. The molecular formula is C16H14ClN3. The van der Waals surface area contributed by atoms with Gasteiger partial charge >= 0.3 is 0 Å². The highest BCUT2D eigenvalue weighted by Gasteiger charge is 2.03. The van der Waals surface area contributed by atoms with Crippen molar-refractivity contribution in [3.63, 3.8) is 0 Å². The number of anilines is 1. The lowest BCUT2D eigenvalue weighted by molar-refractivity contribution is 0.879. The van der Waals surface area contributed by atoms with E-state index in [0.29, 0.717) is 0 Å². The average molecular weight is 284 g/mol. The second-order valence-corrected chi connectivity index (χ2v) is 4.89. The maximum absolute atomic E-state index is 6.00. The van der Waals surface area contributed by atoms with Crippen molar-refractivity contribution < 1.29 is 0 Å². The van der Waals surface area contributed by atoms with Crippen LogP contribution in [0.25, 0.3) is 5.69 Å². The summed E-state index contributed by atoms with van der Waals surface area (Å²) in [5.74, 6) is 0. The maximum Gasteiger partial charge on any atom is 0.0876 e. The molecule has 0 aliphatic heterocycles. The molecule has 0 atom stereocenters. The number of nitrogens with zero attached hydrogens (tertiary/aromatic N) is 2. The fourth-order valence-electron chi connectivity index (χ4n) is 2.08. The van der Waals surface area contributed by atoms with Gasteiger partial charge in [-0.05, 0) is 35.9 Å². The molecule has 0 amide bonds. The van der Waals surface area contributed by atoms with E-state index in [-0.39, 0.29) is 0 Å². The second-order valence-electron chi connectivity index (χ2n) is 4.45. The van der Waals surface area contributed by atoms with E-state index in [9.17, 15) is 0 Å². The molecule has 3 nitrogen and oxygen atoms in total. The zero-order valence-corrected chi connectivity index (χ0v) is 11.6. The molecule has 0 aliphatic carbocycles. The Balaban J connectivity index is 1.81. The summed E-state index contributed by atoms with van der Waals surface area (Å²) in [6, 6.07) is 17.8. The maximum atomic E-state index is 6.00. The van der Waals surface area contributed by atoms with Gasteiger partial charge in [-0.3, -0.25) is 0 Å². The summed E-state index contributed by atoms with van der Waals surface area (Å²) in [4.78, 5) is 0. The molecule has 0 saturated heterocycles. The van der Waals surface area contributed by atoms with Crippen LogP contribution in [0.15, 0.2) is 67.0 Å². The van der Waals surface area contributed by atoms with Crippen LogP contribution in [0.1, 0.15) is 5.56 Å². The molecule has 20 heavy (non-hydrogen) atoms. The molecule has 1 N–H and O–H groups in total. The first-order valence-electron chi connectivity index (χ1n) is 6.40. The van der Waals surface area contributed by atoms with Crippen LogP contribution in [-0.4, -0.2) is 9.78 Å². The number of rotatable bonds is 4. The van der Waals surface area contributed by atoms with Crippen molar-refractivity contribution in [2.45, 2.75) is 6.54 Å². The second kappa shape index (κ2) is 5.80. The van der Waals surface area contributed by atoms with Crippen molar-refractivity contribution >= 4 is 17.3 Å². The van der Waals surface area contributed by atoms with Gasteiger partial charge in [0.25, 0.3) is 0 Å². The largest absolute Gasteiger partial charge is 0.379 e. The van der Waals surface area contributed by atoms with Gasteiger partial charge in [0, 0.05) is 24.0 Å². The summed E-state index contributed by atoms with van der Waals surface area (Å²) >= 11 is 6.00. The summed E-state index contributed by atoms with van der Waals surface area (Å²) in [5, 5.41) is 8.45. The number of nitrogens with one attached hydrogen (secondary N) is 1. The first-order valence-corrected chi connectivity index (χ1v) is 6.78. The predicted molar refractivity (Wildman–Crippen MR) is 82.3 cm³/mol. The van der Waals surface area contributed by atoms with Gasteiger partial charge in [-0.25, -0.2) is 4.68 Å². The highest BCUT2D eigenvalue weighted by molar-refractivity contribution is 6.30. The Morgan fingerprint density at radius 1 is 1.05 bits per heavy atom. The lowest BCUT2D eigenvalue weighted by Crippen LogP contribution is -2.04. The summed E-state index contributed by atoms with van der Waals surface area (Å²) in [7, 11) is 0. The molecule has 1 aromatic heterocycles. The van der Waals surface area contributed by atoms with E-state index in [1.54, 1.807) is 6.20 Å². The SMILES string of the molecule is Clc1cccc(CNc2ccccc2-n2cccn2)c1. The third-order valence-corrected chi connectivity index (χ3v) is 3.26. The number of para-hydroxylation sites is 2. The number of hydrogen-bond donors (Lipinski definition) is 1. The van der Waals surface area contributed by atoms with Gasteiger partial charge in [-0.2, -0.15) is 5.10 Å². The molecular weight excluding hydrogens is 270 g/mol. The van der Waals surface area contributed by atoms with E-state index in [1.807, 2.05) is 59.4 Å². The standard InChI is InChI=1S/C16H14ClN3/c17-14-6-3-5-13(11-14)12-18-15-7-1-2-8-16(15)20-10-4-9-19-20/h1-11,18H,12H2. The molecule has 2 aromatic carbocycles. The molecule has 3 aromatic rings.